The summed E-state index contributed by atoms with van der Waals surface area (Å²) in [6.45, 7) is 4.02. The maximum atomic E-state index is 13.0. The van der Waals surface area contributed by atoms with Crippen molar-refractivity contribution in [1.82, 2.24) is 20.3 Å². The van der Waals surface area contributed by atoms with Crippen LogP contribution in [0, 0.1) is 6.92 Å². The summed E-state index contributed by atoms with van der Waals surface area (Å²) in [7, 11) is 0. The molecular formula is C18H25ClN6O2. The number of nitrogens with zero attached hydrogens (tertiary/aromatic N) is 4. The zero-order valence-corrected chi connectivity index (χ0v) is 16.1. The third kappa shape index (κ3) is 5.27. The Hall–Kier alpha value is -2.45. The summed E-state index contributed by atoms with van der Waals surface area (Å²) in [4.78, 5) is 25.8. The first kappa shape index (κ1) is 20.9. The van der Waals surface area contributed by atoms with E-state index in [0.29, 0.717) is 5.69 Å². The van der Waals surface area contributed by atoms with Gasteiger partial charge >= 0.3 is 0 Å². The summed E-state index contributed by atoms with van der Waals surface area (Å²) in [5.41, 5.74) is 7.29. The quantitative estimate of drug-likeness (QED) is 0.773. The van der Waals surface area contributed by atoms with Crippen molar-refractivity contribution in [2.24, 2.45) is 5.73 Å². The fourth-order valence-electron chi connectivity index (χ4n) is 3.13. The first-order valence-electron chi connectivity index (χ1n) is 8.84. The first-order chi connectivity index (χ1) is 12.5. The zero-order chi connectivity index (χ0) is 18.5. The van der Waals surface area contributed by atoms with E-state index in [1.54, 1.807) is 10.9 Å². The van der Waals surface area contributed by atoms with E-state index in [4.69, 9.17) is 5.73 Å². The van der Waals surface area contributed by atoms with Crippen LogP contribution in [0.15, 0.2) is 30.5 Å². The fourth-order valence-corrected chi connectivity index (χ4v) is 3.13. The van der Waals surface area contributed by atoms with Gasteiger partial charge in [-0.2, -0.15) is 0 Å². The van der Waals surface area contributed by atoms with Crippen molar-refractivity contribution in [3.8, 4) is 0 Å². The van der Waals surface area contributed by atoms with Gasteiger partial charge in [-0.3, -0.25) is 9.59 Å². The monoisotopic (exact) mass is 392 g/mol. The minimum absolute atomic E-state index is 0. The number of anilines is 1. The third-order valence-electron chi connectivity index (χ3n) is 4.55. The molecule has 0 saturated carbocycles. The number of aromatic nitrogens is 3. The standard InChI is InChI=1S/C18H24N6O2.ClH/c1-13-3-2-4-15(11-13)23(10-7-17(19)25)18(26)16-12-24(22-21-16)14-5-8-20-9-6-14;/h2-4,11-12,14,20H,5-10H2,1H3,(H2,19,25);1H. The van der Waals surface area contributed by atoms with Crippen LogP contribution in [0.25, 0.3) is 0 Å². The van der Waals surface area contributed by atoms with Gasteiger partial charge in [0, 0.05) is 18.7 Å². The van der Waals surface area contributed by atoms with Gasteiger partial charge in [0.15, 0.2) is 5.69 Å². The van der Waals surface area contributed by atoms with Gasteiger partial charge in [0.1, 0.15) is 0 Å². The van der Waals surface area contributed by atoms with Crippen LogP contribution >= 0.6 is 12.4 Å². The van der Waals surface area contributed by atoms with Crippen LogP contribution in [-0.4, -0.2) is 46.4 Å². The summed E-state index contributed by atoms with van der Waals surface area (Å²) >= 11 is 0. The molecule has 9 heteroatoms. The molecule has 3 N–H and O–H groups in total. The molecule has 8 nitrogen and oxygen atoms in total. The number of primary amides is 1. The predicted molar refractivity (Wildman–Crippen MR) is 105 cm³/mol. The van der Waals surface area contributed by atoms with Gasteiger partial charge in [0.25, 0.3) is 5.91 Å². The molecule has 0 unspecified atom stereocenters. The lowest BCUT2D eigenvalue weighted by Gasteiger charge is -2.22. The summed E-state index contributed by atoms with van der Waals surface area (Å²) in [5, 5.41) is 11.5. The molecular weight excluding hydrogens is 368 g/mol. The number of rotatable bonds is 6. The van der Waals surface area contributed by atoms with Gasteiger partial charge in [-0.1, -0.05) is 17.3 Å². The maximum Gasteiger partial charge on any atom is 0.280 e. The average Bonchev–Trinajstić information content (AvgIpc) is 3.12. The van der Waals surface area contributed by atoms with Crippen molar-refractivity contribution >= 4 is 29.9 Å². The molecule has 0 atom stereocenters. The highest BCUT2D eigenvalue weighted by molar-refractivity contribution is 6.04. The second kappa shape index (κ2) is 9.48. The number of hydrogen-bond donors (Lipinski definition) is 2. The van der Waals surface area contributed by atoms with E-state index in [1.165, 1.54) is 4.90 Å². The molecule has 2 aromatic rings. The molecule has 0 radical (unpaired) electrons. The zero-order valence-electron chi connectivity index (χ0n) is 15.3. The molecule has 27 heavy (non-hydrogen) atoms. The van der Waals surface area contributed by atoms with Crippen LogP contribution in [0.1, 0.15) is 41.4 Å². The summed E-state index contributed by atoms with van der Waals surface area (Å²) in [6.07, 6.45) is 3.70. The predicted octanol–water partition coefficient (Wildman–Crippen LogP) is 1.46. The minimum atomic E-state index is -0.450. The van der Waals surface area contributed by atoms with Gasteiger partial charge in [-0.25, -0.2) is 4.68 Å². The number of nitrogens with two attached hydrogens (primary N) is 1. The molecule has 2 heterocycles. The second-order valence-electron chi connectivity index (χ2n) is 6.58. The summed E-state index contributed by atoms with van der Waals surface area (Å²) in [6, 6.07) is 7.82. The molecule has 0 spiro atoms. The minimum Gasteiger partial charge on any atom is -0.370 e. The lowest BCUT2D eigenvalue weighted by molar-refractivity contribution is -0.117. The maximum absolute atomic E-state index is 13.0. The molecule has 0 bridgehead atoms. The molecule has 1 aromatic carbocycles. The van der Waals surface area contributed by atoms with E-state index in [1.807, 2.05) is 31.2 Å². The molecule has 146 valence electrons. The number of amides is 2. The SMILES string of the molecule is Cc1cccc(N(CCC(N)=O)C(=O)c2cn(C3CCNCC3)nn2)c1.Cl. The van der Waals surface area contributed by atoms with Crippen LogP contribution in [0.2, 0.25) is 0 Å². The lowest BCUT2D eigenvalue weighted by Crippen LogP contribution is -2.34. The van der Waals surface area contributed by atoms with Gasteiger partial charge in [0.05, 0.1) is 12.2 Å². The molecule has 1 aliphatic rings. The number of nitrogens with one attached hydrogen (secondary N) is 1. The summed E-state index contributed by atoms with van der Waals surface area (Å²) < 4.78 is 1.77. The number of benzene rings is 1. The van der Waals surface area contributed by atoms with Crippen molar-refractivity contribution in [2.75, 3.05) is 24.5 Å². The van der Waals surface area contributed by atoms with Crippen LogP contribution in [-0.2, 0) is 4.79 Å². The van der Waals surface area contributed by atoms with Gasteiger partial charge in [-0.05, 0) is 50.6 Å². The molecule has 1 fully saturated rings. The Morgan fingerprint density at radius 1 is 1.33 bits per heavy atom. The number of carbonyl (C=O) groups excluding carboxylic acids is 2. The number of halogens is 1. The Kier molecular flexibility index (Phi) is 7.32. The lowest BCUT2D eigenvalue weighted by atomic mass is 10.1. The number of piperidine rings is 1. The van der Waals surface area contributed by atoms with Crippen molar-refractivity contribution in [3.63, 3.8) is 0 Å². The van der Waals surface area contributed by atoms with E-state index in [0.717, 1.165) is 31.5 Å². The van der Waals surface area contributed by atoms with E-state index >= 15 is 0 Å². The highest BCUT2D eigenvalue weighted by atomic mass is 35.5. The van der Waals surface area contributed by atoms with E-state index in [9.17, 15) is 9.59 Å². The number of carbonyl (C=O) groups is 2. The molecule has 1 aromatic heterocycles. The largest absolute Gasteiger partial charge is 0.370 e. The highest BCUT2D eigenvalue weighted by Gasteiger charge is 2.23. The Balaban J connectivity index is 0.00000261. The fraction of sp³-hybridized carbons (Fsp3) is 0.444. The molecule has 3 rings (SSSR count). The third-order valence-corrected chi connectivity index (χ3v) is 4.55. The van der Waals surface area contributed by atoms with Crippen molar-refractivity contribution < 1.29 is 9.59 Å². The van der Waals surface area contributed by atoms with E-state index < -0.39 is 5.91 Å². The van der Waals surface area contributed by atoms with Crippen LogP contribution in [0.3, 0.4) is 0 Å². The highest BCUT2D eigenvalue weighted by Crippen LogP contribution is 2.21. The van der Waals surface area contributed by atoms with Crippen LogP contribution in [0.4, 0.5) is 5.69 Å². The molecule has 0 aliphatic carbocycles. The van der Waals surface area contributed by atoms with Crippen molar-refractivity contribution in [3.05, 3.63) is 41.7 Å². The van der Waals surface area contributed by atoms with Gasteiger partial charge in [0.2, 0.25) is 5.91 Å². The number of aryl methyl sites for hydroxylation is 1. The number of hydrogen-bond acceptors (Lipinski definition) is 5. The Labute approximate surface area is 164 Å². The van der Waals surface area contributed by atoms with E-state index in [2.05, 4.69) is 15.6 Å². The second-order valence-corrected chi connectivity index (χ2v) is 6.58. The first-order valence-corrected chi connectivity index (χ1v) is 8.84. The topological polar surface area (TPSA) is 106 Å². The van der Waals surface area contributed by atoms with Crippen LogP contribution < -0.4 is 16.0 Å². The molecule has 2 amide bonds. The Morgan fingerprint density at radius 3 is 2.74 bits per heavy atom. The molecule has 1 aliphatic heterocycles. The van der Waals surface area contributed by atoms with Gasteiger partial charge < -0.3 is 16.0 Å². The van der Waals surface area contributed by atoms with E-state index in [-0.39, 0.29) is 43.0 Å². The van der Waals surface area contributed by atoms with Crippen LogP contribution in [0.5, 0.6) is 0 Å². The Morgan fingerprint density at radius 2 is 2.07 bits per heavy atom. The van der Waals surface area contributed by atoms with Crippen molar-refractivity contribution in [2.45, 2.75) is 32.2 Å². The molecule has 1 saturated heterocycles. The summed E-state index contributed by atoms with van der Waals surface area (Å²) in [5.74, 6) is -0.731. The normalized spacial score (nSPS) is 14.4. The Bertz CT molecular complexity index is 788. The van der Waals surface area contributed by atoms with Gasteiger partial charge in [-0.15, -0.1) is 17.5 Å². The smallest absolute Gasteiger partial charge is 0.280 e. The van der Waals surface area contributed by atoms with Crippen molar-refractivity contribution in [1.29, 1.82) is 0 Å². The average molecular weight is 393 g/mol.